The van der Waals surface area contributed by atoms with Gasteiger partial charge in [0.15, 0.2) is 0 Å². The maximum absolute atomic E-state index is 5.43. The first kappa shape index (κ1) is 70.1. The fraction of sp³-hybridized carbons (Fsp3) is 0.0804. The van der Waals surface area contributed by atoms with Crippen molar-refractivity contribution < 1.29 is 0 Å². The van der Waals surface area contributed by atoms with Crippen LogP contribution in [0.4, 0.5) is 0 Å². The van der Waals surface area contributed by atoms with Gasteiger partial charge in [-0.05, 0) is 141 Å². The number of hydrogen-bond donors (Lipinski definition) is 0. The molecule has 0 amide bonds. The van der Waals surface area contributed by atoms with Crippen LogP contribution in [0, 0.1) is 0 Å². The normalized spacial score (nSPS) is 13.9. The molecule has 0 saturated carbocycles. The lowest BCUT2D eigenvalue weighted by molar-refractivity contribution is 0.666. The second-order valence-electron chi connectivity index (χ2n) is 35.1. The summed E-state index contributed by atoms with van der Waals surface area (Å²) in [7, 11) is 0. The van der Waals surface area contributed by atoms with E-state index in [0.717, 1.165) is 76.6 Å². The summed E-state index contributed by atoms with van der Waals surface area (Å²) in [5.41, 5.74) is 24.7. The number of rotatable bonds is 3. The molecule has 12 heteroatoms. The van der Waals surface area contributed by atoms with Gasteiger partial charge in [-0.25, -0.2) is 29.9 Å². The Labute approximate surface area is 710 Å². The zero-order valence-electron chi connectivity index (χ0n) is 68.7. The lowest BCUT2D eigenvalue weighted by Crippen LogP contribution is -2.15. The van der Waals surface area contributed by atoms with E-state index in [1.54, 1.807) is 0 Å². The predicted molar refractivity (Wildman–Crippen MR) is 510 cm³/mol. The molecule has 124 heavy (non-hydrogen) atoms. The van der Waals surface area contributed by atoms with Gasteiger partial charge in [-0.3, -0.25) is 28.7 Å². The van der Waals surface area contributed by atoms with Gasteiger partial charge in [0.2, 0.25) is 17.8 Å². The van der Waals surface area contributed by atoms with Crippen LogP contribution in [0.1, 0.15) is 74.9 Å². The highest BCUT2D eigenvalue weighted by atomic mass is 15.2. The molecule has 0 N–H and O–H groups in total. The molecule has 28 rings (SSSR count). The fourth-order valence-electron chi connectivity index (χ4n) is 22.5. The second kappa shape index (κ2) is 25.6. The Balaban J connectivity index is 0.0000000996. The van der Waals surface area contributed by atoms with Crippen molar-refractivity contribution in [1.29, 1.82) is 0 Å². The van der Waals surface area contributed by atoms with Gasteiger partial charge in [-0.1, -0.05) is 284 Å². The van der Waals surface area contributed by atoms with Gasteiger partial charge in [0, 0.05) is 164 Å². The number of aromatic nitrogens is 12. The van der Waals surface area contributed by atoms with Gasteiger partial charge in [-0.2, -0.15) is 0 Å². The minimum Gasteiger partial charge on any atom is -0.277 e. The van der Waals surface area contributed by atoms with Gasteiger partial charge in [0.05, 0.1) is 49.7 Å². The number of fused-ring (bicyclic) bond motifs is 42. The third kappa shape index (κ3) is 9.48. The molecule has 0 fully saturated rings. The van der Waals surface area contributed by atoms with Crippen LogP contribution in [-0.4, -0.2) is 58.6 Å². The number of hydrogen-bond acceptors (Lipinski definition) is 9. The molecule has 9 heterocycles. The summed E-state index contributed by atoms with van der Waals surface area (Å²) in [5, 5.41) is 27.1. The molecule has 0 saturated heterocycles. The molecule has 0 unspecified atom stereocenters. The summed E-state index contributed by atoms with van der Waals surface area (Å²) >= 11 is 0. The van der Waals surface area contributed by atoms with E-state index >= 15 is 0 Å². The first-order valence-corrected chi connectivity index (χ1v) is 42.5. The molecule has 582 valence electrons. The lowest BCUT2D eigenvalue weighted by atomic mass is 9.80. The molecule has 9 aromatic heterocycles. The molecule has 25 aromatic rings. The molecule has 3 aliphatic carbocycles. The van der Waals surface area contributed by atoms with Crippen molar-refractivity contribution in [2.45, 2.75) is 57.8 Å². The number of nitrogens with zero attached hydrogens (tertiary/aromatic N) is 12. The molecular formula is C112H74N12. The van der Waals surface area contributed by atoms with Gasteiger partial charge in [0.25, 0.3) is 0 Å². The molecule has 0 bridgehead atoms. The Morgan fingerprint density at radius 3 is 1.02 bits per heavy atom. The summed E-state index contributed by atoms with van der Waals surface area (Å²) in [6.07, 6.45) is 17.9. The number of para-hydroxylation sites is 3. The van der Waals surface area contributed by atoms with Crippen LogP contribution in [-0.2, 0) is 16.2 Å². The summed E-state index contributed by atoms with van der Waals surface area (Å²) in [4.78, 5) is 44.9. The molecule has 0 radical (unpaired) electrons. The van der Waals surface area contributed by atoms with Crippen LogP contribution >= 0.6 is 0 Å². The van der Waals surface area contributed by atoms with Crippen LogP contribution in [0.2, 0.25) is 0 Å². The SMILES string of the molecule is CC1(C)c2ccccc2-c2c1c1cnccc1c1c3ccccc3n(-c3ncc4c(ccc5ccccc54)n3)c21.CC1(C)c2ccccc2-c2c1c1cnccc1c1c3ccccc3n(-c3ncc4c5ccccc5c5ccccc5c4n3)c21.CC1(C)c2ccccc2-c2c1c1cnccc1c1c3ccccc3n(-c3ncc4ccc5ccccc5c4n3)c21. The van der Waals surface area contributed by atoms with Crippen molar-refractivity contribution in [1.82, 2.24) is 58.6 Å². The van der Waals surface area contributed by atoms with E-state index in [9.17, 15) is 0 Å². The Morgan fingerprint density at radius 1 is 0.226 bits per heavy atom. The van der Waals surface area contributed by atoms with E-state index in [-0.39, 0.29) is 16.2 Å². The van der Waals surface area contributed by atoms with Crippen molar-refractivity contribution in [3.8, 4) is 51.2 Å². The predicted octanol–water partition coefficient (Wildman–Crippen LogP) is 27.4. The first-order chi connectivity index (χ1) is 60.9. The fourth-order valence-corrected chi connectivity index (χ4v) is 22.5. The minimum absolute atomic E-state index is 0.175. The van der Waals surface area contributed by atoms with E-state index in [2.05, 4.69) is 362 Å². The largest absolute Gasteiger partial charge is 0.277 e. The van der Waals surface area contributed by atoms with Crippen molar-refractivity contribution in [3.05, 3.63) is 374 Å². The van der Waals surface area contributed by atoms with E-state index < -0.39 is 0 Å². The van der Waals surface area contributed by atoms with Crippen molar-refractivity contribution in [2.75, 3.05) is 0 Å². The third-order valence-corrected chi connectivity index (χ3v) is 27.7. The maximum Gasteiger partial charge on any atom is 0.235 e. The van der Waals surface area contributed by atoms with Crippen molar-refractivity contribution in [2.24, 2.45) is 0 Å². The second-order valence-corrected chi connectivity index (χ2v) is 35.1. The van der Waals surface area contributed by atoms with Gasteiger partial charge >= 0.3 is 0 Å². The quantitative estimate of drug-likeness (QED) is 0.159. The monoisotopic (exact) mass is 1590 g/mol. The number of pyridine rings is 3. The lowest BCUT2D eigenvalue weighted by Gasteiger charge is -2.23. The molecule has 0 spiro atoms. The Kier molecular flexibility index (Phi) is 14.5. The summed E-state index contributed by atoms with van der Waals surface area (Å²) < 4.78 is 6.89. The molecule has 0 aliphatic heterocycles. The third-order valence-electron chi connectivity index (χ3n) is 27.7. The smallest absolute Gasteiger partial charge is 0.235 e. The van der Waals surface area contributed by atoms with Crippen molar-refractivity contribution in [3.63, 3.8) is 0 Å². The highest BCUT2D eigenvalue weighted by Crippen LogP contribution is 2.60. The van der Waals surface area contributed by atoms with E-state index in [4.69, 9.17) is 29.9 Å². The Morgan fingerprint density at radius 2 is 0.556 bits per heavy atom. The zero-order valence-corrected chi connectivity index (χ0v) is 68.7. The molecule has 12 nitrogen and oxygen atoms in total. The molecule has 3 aliphatic rings. The summed E-state index contributed by atoms with van der Waals surface area (Å²) in [6.45, 7) is 14.0. The Bertz CT molecular complexity index is 9040. The molecule has 0 atom stereocenters. The van der Waals surface area contributed by atoms with Crippen LogP contribution in [0.5, 0.6) is 0 Å². The van der Waals surface area contributed by atoms with Crippen LogP contribution in [0.25, 0.3) is 225 Å². The van der Waals surface area contributed by atoms with Crippen molar-refractivity contribution >= 4 is 174 Å². The highest BCUT2D eigenvalue weighted by molar-refractivity contribution is 6.31. The Hall–Kier alpha value is -15.8. The topological polar surface area (TPSA) is 131 Å². The summed E-state index contributed by atoms with van der Waals surface area (Å²) in [6, 6.07) is 102. The highest BCUT2D eigenvalue weighted by Gasteiger charge is 2.44. The van der Waals surface area contributed by atoms with E-state index in [0.29, 0.717) is 17.8 Å². The van der Waals surface area contributed by atoms with Crippen LogP contribution in [0.3, 0.4) is 0 Å². The van der Waals surface area contributed by atoms with E-state index in [1.165, 1.54) is 164 Å². The first-order valence-electron chi connectivity index (χ1n) is 42.5. The van der Waals surface area contributed by atoms with Gasteiger partial charge in [-0.15, -0.1) is 0 Å². The van der Waals surface area contributed by atoms with Crippen LogP contribution in [0.15, 0.2) is 341 Å². The van der Waals surface area contributed by atoms with E-state index in [1.807, 2.05) is 49.6 Å². The summed E-state index contributed by atoms with van der Waals surface area (Å²) in [5.74, 6) is 2.06. The average Bonchev–Trinajstić information content (AvgIpc) is 1.53. The maximum atomic E-state index is 5.43. The zero-order chi connectivity index (χ0) is 82.3. The van der Waals surface area contributed by atoms with Gasteiger partial charge < -0.3 is 0 Å². The standard InChI is InChI=1S/C40H26N4.2C36H24N4/c1-40(2)32-17-9-7-15-28(32)35-36(40)30-21-41-20-19-26(30)34-29-16-8-10-18-33(29)44(38(34)35)39-42-22-31-25-13-4-3-11-23(25)24-12-5-6-14-27(24)37(31)43-39;1-36(2)28-13-7-5-11-25(28)31-32(36)27-20-37-18-17-24(27)30-26-12-6-8-14-29(26)40(34(30)31)35-38-19-22-16-15-21-9-3-4-10-23(21)33(22)39-35;1-36(2)28-13-7-5-11-24(28)32-33(36)27-19-37-18-17-23(27)31-25-12-6-8-14-30(25)40(34(31)32)35-38-20-26-22-10-4-3-9-21(22)15-16-29(26)39-35/h3-22H,1-2H3;2*3-20H,1-2H3. The average molecular weight is 1590 g/mol. The molecular weight excluding hydrogens is 1510 g/mol. The van der Waals surface area contributed by atoms with Crippen LogP contribution < -0.4 is 0 Å². The van der Waals surface area contributed by atoms with Gasteiger partial charge in [0.1, 0.15) is 0 Å². The molecule has 16 aromatic carbocycles. The minimum atomic E-state index is -0.192. The number of benzene rings is 16.